The molecule has 1 fully saturated rings. The van der Waals surface area contributed by atoms with Crippen molar-refractivity contribution < 1.29 is 0 Å². The van der Waals surface area contributed by atoms with Crippen molar-refractivity contribution in [1.82, 2.24) is 5.32 Å². The highest BCUT2D eigenvalue weighted by Crippen LogP contribution is 2.30. The van der Waals surface area contributed by atoms with Crippen LogP contribution in [0.3, 0.4) is 0 Å². The summed E-state index contributed by atoms with van der Waals surface area (Å²) in [7, 11) is 0. The lowest BCUT2D eigenvalue weighted by atomic mass is 10.1. The van der Waals surface area contributed by atoms with Crippen LogP contribution in [-0.4, -0.2) is 17.5 Å². The third-order valence-electron chi connectivity index (χ3n) is 3.09. The van der Waals surface area contributed by atoms with Crippen LogP contribution < -0.4 is 5.32 Å². The number of halogens is 2. The number of hydrogen-bond acceptors (Lipinski definition) is 2. The minimum Gasteiger partial charge on any atom is -0.307 e. The predicted molar refractivity (Wildman–Crippen MR) is 78.4 cm³/mol. The van der Waals surface area contributed by atoms with Crippen molar-refractivity contribution in [3.63, 3.8) is 0 Å². The summed E-state index contributed by atoms with van der Waals surface area (Å²) in [6, 6.07) is 6.68. The summed E-state index contributed by atoms with van der Waals surface area (Å²) in [5.74, 6) is 2.49. The first-order valence-electron chi connectivity index (χ1n) is 5.96. The van der Waals surface area contributed by atoms with Gasteiger partial charge in [0.15, 0.2) is 0 Å². The molecule has 94 valence electrons. The SMILES string of the molecule is CC(NC1CCCSC1)c1cccc(Cl)c1Cl. The minimum absolute atomic E-state index is 0.255. The molecule has 0 spiro atoms. The van der Waals surface area contributed by atoms with E-state index in [1.54, 1.807) is 0 Å². The van der Waals surface area contributed by atoms with E-state index in [9.17, 15) is 0 Å². The van der Waals surface area contributed by atoms with Crippen molar-refractivity contribution in [3.05, 3.63) is 33.8 Å². The summed E-state index contributed by atoms with van der Waals surface area (Å²) < 4.78 is 0. The van der Waals surface area contributed by atoms with Crippen LogP contribution in [0.25, 0.3) is 0 Å². The quantitative estimate of drug-likeness (QED) is 0.877. The largest absolute Gasteiger partial charge is 0.307 e. The van der Waals surface area contributed by atoms with Crippen molar-refractivity contribution in [2.45, 2.75) is 31.8 Å². The third kappa shape index (κ3) is 3.54. The van der Waals surface area contributed by atoms with Gasteiger partial charge in [-0.2, -0.15) is 11.8 Å². The topological polar surface area (TPSA) is 12.0 Å². The van der Waals surface area contributed by atoms with Gasteiger partial charge in [-0.15, -0.1) is 0 Å². The zero-order valence-electron chi connectivity index (χ0n) is 9.88. The molecule has 2 rings (SSSR count). The maximum atomic E-state index is 6.23. The summed E-state index contributed by atoms with van der Waals surface area (Å²) in [6.45, 7) is 2.15. The summed E-state index contributed by atoms with van der Waals surface area (Å²) >= 11 is 14.3. The van der Waals surface area contributed by atoms with E-state index in [-0.39, 0.29) is 6.04 Å². The maximum absolute atomic E-state index is 6.23. The fourth-order valence-corrected chi connectivity index (χ4v) is 3.73. The maximum Gasteiger partial charge on any atom is 0.0639 e. The van der Waals surface area contributed by atoms with Gasteiger partial charge in [0.1, 0.15) is 0 Å². The lowest BCUT2D eigenvalue weighted by Gasteiger charge is -2.27. The van der Waals surface area contributed by atoms with E-state index < -0.39 is 0 Å². The van der Waals surface area contributed by atoms with Gasteiger partial charge in [-0.1, -0.05) is 35.3 Å². The van der Waals surface area contributed by atoms with Gasteiger partial charge in [0, 0.05) is 17.8 Å². The zero-order valence-corrected chi connectivity index (χ0v) is 12.2. The fraction of sp³-hybridized carbons (Fsp3) is 0.538. The summed E-state index contributed by atoms with van der Waals surface area (Å²) in [5, 5.41) is 4.95. The van der Waals surface area contributed by atoms with Crippen molar-refractivity contribution in [2.75, 3.05) is 11.5 Å². The highest BCUT2D eigenvalue weighted by atomic mass is 35.5. The minimum atomic E-state index is 0.255. The summed E-state index contributed by atoms with van der Waals surface area (Å²) in [6.07, 6.45) is 2.56. The molecule has 0 bridgehead atoms. The van der Waals surface area contributed by atoms with E-state index in [4.69, 9.17) is 23.2 Å². The molecule has 1 nitrogen and oxygen atoms in total. The molecule has 0 aromatic heterocycles. The van der Waals surface area contributed by atoms with Crippen molar-refractivity contribution in [1.29, 1.82) is 0 Å². The molecule has 2 unspecified atom stereocenters. The van der Waals surface area contributed by atoms with Crippen molar-refractivity contribution in [3.8, 4) is 0 Å². The molecular formula is C13H17Cl2NS. The van der Waals surface area contributed by atoms with E-state index in [0.29, 0.717) is 16.1 Å². The van der Waals surface area contributed by atoms with E-state index in [2.05, 4.69) is 12.2 Å². The van der Waals surface area contributed by atoms with Crippen LogP contribution in [0.2, 0.25) is 10.0 Å². The molecule has 4 heteroatoms. The molecule has 1 aromatic carbocycles. The van der Waals surface area contributed by atoms with Crippen molar-refractivity contribution in [2.24, 2.45) is 0 Å². The average Bonchev–Trinajstić information content (AvgIpc) is 2.34. The van der Waals surface area contributed by atoms with Gasteiger partial charge in [-0.05, 0) is 37.1 Å². The molecule has 1 aliphatic rings. The van der Waals surface area contributed by atoms with Gasteiger partial charge in [0.25, 0.3) is 0 Å². The second-order valence-corrected chi connectivity index (χ2v) is 6.38. The third-order valence-corrected chi connectivity index (χ3v) is 5.14. The van der Waals surface area contributed by atoms with Gasteiger partial charge in [0.05, 0.1) is 10.0 Å². The molecule has 17 heavy (non-hydrogen) atoms. The second-order valence-electron chi connectivity index (χ2n) is 4.45. The number of nitrogens with one attached hydrogen (secondary N) is 1. The van der Waals surface area contributed by atoms with Crippen LogP contribution in [0.15, 0.2) is 18.2 Å². The zero-order chi connectivity index (χ0) is 12.3. The van der Waals surface area contributed by atoms with Crippen LogP contribution in [0.4, 0.5) is 0 Å². The van der Waals surface area contributed by atoms with E-state index in [1.165, 1.54) is 24.3 Å². The number of hydrogen-bond donors (Lipinski definition) is 1. The Morgan fingerprint density at radius 1 is 1.41 bits per heavy atom. The molecule has 1 aliphatic heterocycles. The Bertz CT molecular complexity index is 378. The number of benzene rings is 1. The monoisotopic (exact) mass is 289 g/mol. The summed E-state index contributed by atoms with van der Waals surface area (Å²) in [4.78, 5) is 0. The molecule has 1 aromatic rings. The second kappa shape index (κ2) is 6.33. The first-order chi connectivity index (χ1) is 8.18. The standard InChI is InChI=1S/C13H17Cl2NS/c1-9(16-10-4-3-7-17-8-10)11-5-2-6-12(14)13(11)15/h2,5-6,9-10,16H,3-4,7-8H2,1H3. The van der Waals surface area contributed by atoms with E-state index in [0.717, 1.165) is 5.56 Å². The van der Waals surface area contributed by atoms with Gasteiger partial charge < -0.3 is 5.32 Å². The lowest BCUT2D eigenvalue weighted by Crippen LogP contribution is -2.35. The molecule has 0 aliphatic carbocycles. The van der Waals surface area contributed by atoms with Crippen LogP contribution >= 0.6 is 35.0 Å². The molecule has 0 radical (unpaired) electrons. The van der Waals surface area contributed by atoms with E-state index >= 15 is 0 Å². The molecular weight excluding hydrogens is 273 g/mol. The Morgan fingerprint density at radius 2 is 2.24 bits per heavy atom. The van der Waals surface area contributed by atoms with E-state index in [1.807, 2.05) is 30.0 Å². The Kier molecular flexibility index (Phi) is 5.04. The highest BCUT2D eigenvalue weighted by molar-refractivity contribution is 7.99. The first kappa shape index (κ1) is 13.5. The number of rotatable bonds is 3. The Balaban J connectivity index is 2.03. The molecule has 1 N–H and O–H groups in total. The van der Waals surface area contributed by atoms with Crippen LogP contribution in [0.5, 0.6) is 0 Å². The number of thioether (sulfide) groups is 1. The fourth-order valence-electron chi connectivity index (χ4n) is 2.17. The molecule has 1 heterocycles. The van der Waals surface area contributed by atoms with Crippen LogP contribution in [-0.2, 0) is 0 Å². The Hall–Kier alpha value is 0.110. The predicted octanol–water partition coefficient (Wildman–Crippen LogP) is 4.54. The Morgan fingerprint density at radius 3 is 2.94 bits per heavy atom. The summed E-state index contributed by atoms with van der Waals surface area (Å²) in [5.41, 5.74) is 1.09. The molecule has 1 saturated heterocycles. The van der Waals surface area contributed by atoms with Crippen LogP contribution in [0.1, 0.15) is 31.4 Å². The Labute approximate surface area is 117 Å². The molecule has 0 amide bonds. The van der Waals surface area contributed by atoms with Gasteiger partial charge >= 0.3 is 0 Å². The lowest BCUT2D eigenvalue weighted by molar-refractivity contribution is 0.453. The molecule has 2 atom stereocenters. The smallest absolute Gasteiger partial charge is 0.0639 e. The highest BCUT2D eigenvalue weighted by Gasteiger charge is 2.18. The molecule has 0 saturated carbocycles. The normalized spacial score (nSPS) is 22.4. The average molecular weight is 290 g/mol. The van der Waals surface area contributed by atoms with Gasteiger partial charge in [-0.3, -0.25) is 0 Å². The van der Waals surface area contributed by atoms with Crippen LogP contribution in [0, 0.1) is 0 Å². The van der Waals surface area contributed by atoms with Gasteiger partial charge in [-0.25, -0.2) is 0 Å². The van der Waals surface area contributed by atoms with Crippen molar-refractivity contribution >= 4 is 35.0 Å². The van der Waals surface area contributed by atoms with Gasteiger partial charge in [0.2, 0.25) is 0 Å². The first-order valence-corrected chi connectivity index (χ1v) is 7.87.